The highest BCUT2D eigenvalue weighted by atomic mass is 16.5. The zero-order valence-electron chi connectivity index (χ0n) is 15.1. The number of amides is 1. The average Bonchev–Trinajstić information content (AvgIpc) is 3.34. The van der Waals surface area contributed by atoms with Crippen molar-refractivity contribution >= 4 is 11.9 Å². The Morgan fingerprint density at radius 1 is 1.19 bits per heavy atom. The Labute approximate surface area is 156 Å². The molecule has 0 spiro atoms. The first-order valence-electron chi connectivity index (χ1n) is 8.66. The number of ether oxygens (including phenoxy) is 1. The fourth-order valence-corrected chi connectivity index (χ4v) is 2.61. The first-order chi connectivity index (χ1) is 13.1. The minimum atomic E-state index is -0.671. The Balaban J connectivity index is 1.40. The van der Waals surface area contributed by atoms with Crippen LogP contribution >= 0.6 is 0 Å². The number of carbonyl (C=O) groups excluding carboxylic acids is 2. The molecule has 27 heavy (non-hydrogen) atoms. The van der Waals surface area contributed by atoms with Crippen LogP contribution in [0.4, 0.5) is 0 Å². The van der Waals surface area contributed by atoms with Crippen LogP contribution in [0.2, 0.25) is 0 Å². The van der Waals surface area contributed by atoms with E-state index in [1.165, 1.54) is 17.2 Å². The number of furan rings is 1. The normalized spacial score (nSPS) is 10.6. The number of rotatable bonds is 8. The van der Waals surface area contributed by atoms with Crippen molar-refractivity contribution in [1.29, 1.82) is 0 Å². The molecule has 0 aliphatic rings. The van der Waals surface area contributed by atoms with E-state index in [9.17, 15) is 9.59 Å². The summed E-state index contributed by atoms with van der Waals surface area (Å²) >= 11 is 0. The largest absolute Gasteiger partial charge is 0.452 e. The third-order valence-electron chi connectivity index (χ3n) is 4.05. The van der Waals surface area contributed by atoms with Crippen molar-refractivity contribution in [1.82, 2.24) is 15.1 Å². The molecule has 0 atom stereocenters. The van der Waals surface area contributed by atoms with Gasteiger partial charge in [0.15, 0.2) is 6.61 Å². The highest BCUT2D eigenvalue weighted by Crippen LogP contribution is 2.11. The van der Waals surface area contributed by atoms with Crippen molar-refractivity contribution < 1.29 is 18.7 Å². The Kier molecular flexibility index (Phi) is 6.04. The minimum Gasteiger partial charge on any atom is -0.452 e. The van der Waals surface area contributed by atoms with Gasteiger partial charge in [0.05, 0.1) is 6.54 Å². The zero-order valence-corrected chi connectivity index (χ0v) is 15.1. The number of aryl methyl sites for hydroxylation is 1. The van der Waals surface area contributed by atoms with E-state index in [4.69, 9.17) is 9.15 Å². The van der Waals surface area contributed by atoms with E-state index < -0.39 is 5.97 Å². The van der Waals surface area contributed by atoms with Crippen molar-refractivity contribution in [2.24, 2.45) is 0 Å². The monoisotopic (exact) mass is 367 g/mol. The zero-order chi connectivity index (χ0) is 19.1. The first-order valence-corrected chi connectivity index (χ1v) is 8.66. The number of nitrogens with zero attached hydrogens (tertiary/aromatic N) is 2. The molecule has 0 saturated carbocycles. The van der Waals surface area contributed by atoms with Gasteiger partial charge in [-0.25, -0.2) is 4.79 Å². The van der Waals surface area contributed by atoms with Crippen LogP contribution in [0.15, 0.2) is 59.3 Å². The molecule has 1 N–H and O–H groups in total. The molecule has 2 heterocycles. The Hall–Kier alpha value is -3.35. The molecule has 1 amide bonds. The molecular formula is C20H21N3O4. The Bertz CT molecular complexity index is 900. The van der Waals surface area contributed by atoms with Gasteiger partial charge in [0, 0.05) is 18.9 Å². The lowest BCUT2D eigenvalue weighted by atomic mass is 10.1. The maximum atomic E-state index is 12.0. The molecule has 0 saturated heterocycles. The molecule has 0 aliphatic carbocycles. The van der Waals surface area contributed by atoms with E-state index in [2.05, 4.69) is 10.4 Å². The summed E-state index contributed by atoms with van der Waals surface area (Å²) in [7, 11) is 0. The lowest BCUT2D eigenvalue weighted by Crippen LogP contribution is -2.30. The van der Waals surface area contributed by atoms with Gasteiger partial charge < -0.3 is 14.5 Å². The van der Waals surface area contributed by atoms with Crippen LogP contribution in [-0.4, -0.2) is 34.8 Å². The average molecular weight is 367 g/mol. The van der Waals surface area contributed by atoms with E-state index in [0.29, 0.717) is 18.8 Å². The number of hydrogen-bond donors (Lipinski definition) is 1. The molecule has 0 aliphatic heterocycles. The summed E-state index contributed by atoms with van der Waals surface area (Å²) in [6.45, 7) is 2.58. The minimum absolute atomic E-state index is 0.0601. The van der Waals surface area contributed by atoms with E-state index in [-0.39, 0.29) is 18.3 Å². The lowest BCUT2D eigenvalue weighted by Gasteiger charge is -2.07. The predicted octanol–water partition coefficient (Wildman–Crippen LogP) is 2.35. The van der Waals surface area contributed by atoms with Crippen LogP contribution in [-0.2, 0) is 22.5 Å². The van der Waals surface area contributed by atoms with Gasteiger partial charge in [0.25, 0.3) is 5.91 Å². The number of benzene rings is 1. The molecule has 3 rings (SSSR count). The predicted molar refractivity (Wildman–Crippen MR) is 98.2 cm³/mol. The lowest BCUT2D eigenvalue weighted by molar-refractivity contribution is -0.124. The molecule has 3 aromatic rings. The van der Waals surface area contributed by atoms with Gasteiger partial charge in [0.2, 0.25) is 5.76 Å². The summed E-state index contributed by atoms with van der Waals surface area (Å²) < 4.78 is 12.1. The van der Waals surface area contributed by atoms with Crippen LogP contribution in [0, 0.1) is 6.92 Å². The number of nitrogens with one attached hydrogen (secondary N) is 1. The van der Waals surface area contributed by atoms with E-state index >= 15 is 0 Å². The number of esters is 1. The van der Waals surface area contributed by atoms with Gasteiger partial charge in [-0.2, -0.15) is 5.10 Å². The van der Waals surface area contributed by atoms with E-state index in [1.54, 1.807) is 29.2 Å². The second-order valence-electron chi connectivity index (χ2n) is 6.07. The van der Waals surface area contributed by atoms with E-state index in [0.717, 1.165) is 6.42 Å². The van der Waals surface area contributed by atoms with Crippen LogP contribution in [0.3, 0.4) is 0 Å². The van der Waals surface area contributed by atoms with Crippen LogP contribution < -0.4 is 5.32 Å². The first kappa shape index (κ1) is 18.4. The maximum absolute atomic E-state index is 12.0. The molecule has 0 unspecified atom stereocenters. The Morgan fingerprint density at radius 3 is 2.81 bits per heavy atom. The standard InChI is InChI=1S/C20H21N3O4/c1-15-5-2-3-6-16(15)9-11-21-19(24)14-26-20(25)18-8-7-17(27-18)13-23-12-4-10-22-23/h2-8,10,12H,9,11,13-14H2,1H3,(H,21,24). The van der Waals surface area contributed by atoms with Gasteiger partial charge in [-0.3, -0.25) is 9.48 Å². The molecular weight excluding hydrogens is 346 g/mol. The van der Waals surface area contributed by atoms with Gasteiger partial charge in [-0.05, 0) is 42.7 Å². The van der Waals surface area contributed by atoms with Gasteiger partial charge in [-0.15, -0.1) is 0 Å². The third kappa shape index (κ3) is 5.31. The quantitative estimate of drug-likeness (QED) is 0.618. The second-order valence-corrected chi connectivity index (χ2v) is 6.07. The van der Waals surface area contributed by atoms with Gasteiger partial charge >= 0.3 is 5.97 Å². The van der Waals surface area contributed by atoms with Crippen molar-refractivity contribution in [3.05, 3.63) is 77.5 Å². The fraction of sp³-hybridized carbons (Fsp3) is 0.250. The summed E-state index contributed by atoms with van der Waals surface area (Å²) in [5.41, 5.74) is 2.36. The number of carbonyl (C=O) groups is 2. The van der Waals surface area contributed by atoms with Crippen LogP contribution in [0.1, 0.15) is 27.4 Å². The summed E-state index contributed by atoms with van der Waals surface area (Å²) in [4.78, 5) is 23.8. The SMILES string of the molecule is Cc1ccccc1CCNC(=O)COC(=O)c1ccc(Cn2cccn2)o1. The molecule has 140 valence electrons. The smallest absolute Gasteiger partial charge is 0.374 e. The maximum Gasteiger partial charge on any atom is 0.374 e. The molecule has 7 nitrogen and oxygen atoms in total. The van der Waals surface area contributed by atoms with Crippen LogP contribution in [0.5, 0.6) is 0 Å². The van der Waals surface area contributed by atoms with Crippen LogP contribution in [0.25, 0.3) is 0 Å². The van der Waals surface area contributed by atoms with Crippen molar-refractivity contribution in [3.8, 4) is 0 Å². The Morgan fingerprint density at radius 2 is 2.04 bits per heavy atom. The summed E-state index contributed by atoms with van der Waals surface area (Å²) in [6, 6.07) is 13.0. The van der Waals surface area contributed by atoms with Crippen molar-refractivity contribution in [2.75, 3.05) is 13.2 Å². The molecule has 1 aromatic carbocycles. The molecule has 2 aromatic heterocycles. The summed E-state index contributed by atoms with van der Waals surface area (Å²) in [6.07, 6.45) is 4.18. The highest BCUT2D eigenvalue weighted by Gasteiger charge is 2.15. The molecule has 0 fully saturated rings. The van der Waals surface area contributed by atoms with Gasteiger partial charge in [-0.1, -0.05) is 24.3 Å². The molecule has 7 heteroatoms. The molecule has 0 radical (unpaired) electrons. The number of aromatic nitrogens is 2. The van der Waals surface area contributed by atoms with Gasteiger partial charge in [0.1, 0.15) is 5.76 Å². The molecule has 0 bridgehead atoms. The van der Waals surface area contributed by atoms with Crippen molar-refractivity contribution in [2.45, 2.75) is 19.9 Å². The third-order valence-corrected chi connectivity index (χ3v) is 4.05. The highest BCUT2D eigenvalue weighted by molar-refractivity contribution is 5.88. The summed E-state index contributed by atoms with van der Waals surface area (Å²) in [5.74, 6) is -0.380. The number of hydrogen-bond acceptors (Lipinski definition) is 5. The fourth-order valence-electron chi connectivity index (χ4n) is 2.61. The summed E-state index contributed by atoms with van der Waals surface area (Å²) in [5, 5.41) is 6.81. The topological polar surface area (TPSA) is 86.4 Å². The second kappa shape index (κ2) is 8.84. The van der Waals surface area contributed by atoms with Crippen molar-refractivity contribution in [3.63, 3.8) is 0 Å². The van der Waals surface area contributed by atoms with E-state index in [1.807, 2.05) is 31.2 Å².